The molecule has 4 heteroatoms. The van der Waals surface area contributed by atoms with Crippen LogP contribution < -0.4 is 9.47 Å². The second-order valence-corrected chi connectivity index (χ2v) is 6.29. The largest absolute Gasteiger partial charge is 0.490 e. The van der Waals surface area contributed by atoms with Gasteiger partial charge in [0.2, 0.25) is 0 Å². The fourth-order valence-corrected chi connectivity index (χ4v) is 2.71. The first-order valence-electron chi connectivity index (χ1n) is 7.93. The van der Waals surface area contributed by atoms with E-state index in [0.717, 1.165) is 10.2 Å². The van der Waals surface area contributed by atoms with Gasteiger partial charge in [0.1, 0.15) is 24.7 Å². The molecule has 0 fully saturated rings. The molecule has 0 aliphatic heterocycles. The van der Waals surface area contributed by atoms with Crippen LogP contribution in [0.2, 0.25) is 0 Å². The van der Waals surface area contributed by atoms with Crippen LogP contribution in [-0.2, 0) is 0 Å². The standard InChI is InChI=1S/C21H17BrO3/c22-18-7-4-8-20(15-18)25-14-13-24-19-11-9-17(10-12-19)21(23)16-5-2-1-3-6-16/h1-12,15H,13-14H2. The van der Waals surface area contributed by atoms with E-state index in [4.69, 9.17) is 9.47 Å². The first-order valence-corrected chi connectivity index (χ1v) is 8.73. The summed E-state index contributed by atoms with van der Waals surface area (Å²) in [5.74, 6) is 1.51. The summed E-state index contributed by atoms with van der Waals surface area (Å²) < 4.78 is 12.2. The van der Waals surface area contributed by atoms with Gasteiger partial charge < -0.3 is 9.47 Å². The zero-order valence-corrected chi connectivity index (χ0v) is 15.1. The van der Waals surface area contributed by atoms with Gasteiger partial charge in [-0.3, -0.25) is 4.79 Å². The van der Waals surface area contributed by atoms with Crippen molar-refractivity contribution >= 4 is 21.7 Å². The van der Waals surface area contributed by atoms with Gasteiger partial charge in [-0.05, 0) is 42.5 Å². The van der Waals surface area contributed by atoms with Gasteiger partial charge in [0.25, 0.3) is 0 Å². The molecule has 0 aromatic heterocycles. The van der Waals surface area contributed by atoms with Gasteiger partial charge in [0.05, 0.1) is 0 Å². The van der Waals surface area contributed by atoms with Gasteiger partial charge >= 0.3 is 0 Å². The predicted molar refractivity (Wildman–Crippen MR) is 101 cm³/mol. The van der Waals surface area contributed by atoms with Gasteiger partial charge in [0.15, 0.2) is 5.78 Å². The van der Waals surface area contributed by atoms with Crippen LogP contribution >= 0.6 is 15.9 Å². The van der Waals surface area contributed by atoms with Crippen LogP contribution in [0.1, 0.15) is 15.9 Å². The molecule has 3 nitrogen and oxygen atoms in total. The van der Waals surface area contributed by atoms with Crippen LogP contribution in [-0.4, -0.2) is 19.0 Å². The highest BCUT2D eigenvalue weighted by Crippen LogP contribution is 2.18. The van der Waals surface area contributed by atoms with Crippen LogP contribution in [0.5, 0.6) is 11.5 Å². The molecule has 0 bridgehead atoms. The number of rotatable bonds is 7. The lowest BCUT2D eigenvalue weighted by Crippen LogP contribution is -2.09. The molecule has 0 radical (unpaired) electrons. The minimum Gasteiger partial charge on any atom is -0.490 e. The molecule has 25 heavy (non-hydrogen) atoms. The lowest BCUT2D eigenvalue weighted by molar-refractivity contribution is 0.103. The van der Waals surface area contributed by atoms with Gasteiger partial charge in [-0.25, -0.2) is 0 Å². The van der Waals surface area contributed by atoms with Crippen LogP contribution in [0, 0.1) is 0 Å². The van der Waals surface area contributed by atoms with Crippen LogP contribution in [0.25, 0.3) is 0 Å². The van der Waals surface area contributed by atoms with Crippen molar-refractivity contribution in [2.75, 3.05) is 13.2 Å². The highest BCUT2D eigenvalue weighted by Gasteiger charge is 2.08. The Hall–Kier alpha value is -2.59. The number of hydrogen-bond donors (Lipinski definition) is 0. The molecule has 0 heterocycles. The Morgan fingerprint density at radius 1 is 0.720 bits per heavy atom. The van der Waals surface area contributed by atoms with Gasteiger partial charge in [-0.15, -0.1) is 0 Å². The topological polar surface area (TPSA) is 35.5 Å². The Morgan fingerprint density at radius 2 is 1.36 bits per heavy atom. The van der Waals surface area contributed by atoms with Crippen molar-refractivity contribution < 1.29 is 14.3 Å². The quantitative estimate of drug-likeness (QED) is 0.409. The summed E-state index contributed by atoms with van der Waals surface area (Å²) in [6.45, 7) is 0.875. The third-order valence-electron chi connectivity index (χ3n) is 3.57. The highest BCUT2D eigenvalue weighted by atomic mass is 79.9. The summed E-state index contributed by atoms with van der Waals surface area (Å²) in [5, 5.41) is 0. The molecule has 0 spiro atoms. The van der Waals surface area contributed by atoms with Gasteiger partial charge in [-0.1, -0.05) is 52.3 Å². The highest BCUT2D eigenvalue weighted by molar-refractivity contribution is 9.10. The normalized spacial score (nSPS) is 10.3. The first-order chi connectivity index (χ1) is 12.2. The Bertz CT molecular complexity index is 829. The van der Waals surface area contributed by atoms with E-state index < -0.39 is 0 Å². The second-order valence-electron chi connectivity index (χ2n) is 5.37. The summed E-state index contributed by atoms with van der Waals surface area (Å²) >= 11 is 3.40. The maximum atomic E-state index is 12.3. The summed E-state index contributed by atoms with van der Waals surface area (Å²) in [5.41, 5.74) is 1.32. The van der Waals surface area contributed by atoms with E-state index in [2.05, 4.69) is 15.9 Å². The molecule has 126 valence electrons. The van der Waals surface area contributed by atoms with E-state index in [1.807, 2.05) is 54.6 Å². The summed E-state index contributed by atoms with van der Waals surface area (Å²) in [7, 11) is 0. The molecule has 0 aliphatic carbocycles. The number of carbonyl (C=O) groups excluding carboxylic acids is 1. The number of benzene rings is 3. The lowest BCUT2D eigenvalue weighted by Gasteiger charge is -2.09. The third-order valence-corrected chi connectivity index (χ3v) is 4.06. The SMILES string of the molecule is O=C(c1ccccc1)c1ccc(OCCOc2cccc(Br)c2)cc1. The van der Waals surface area contributed by atoms with Crippen LogP contribution in [0.15, 0.2) is 83.3 Å². The maximum absolute atomic E-state index is 12.3. The molecule has 0 unspecified atom stereocenters. The monoisotopic (exact) mass is 396 g/mol. The van der Waals surface area contributed by atoms with Gasteiger partial charge in [0, 0.05) is 15.6 Å². The molecule has 3 aromatic carbocycles. The minimum absolute atomic E-state index is 0.00476. The molecule has 3 aromatic rings. The van der Waals surface area contributed by atoms with Crippen molar-refractivity contribution in [3.8, 4) is 11.5 Å². The Kier molecular flexibility index (Phi) is 5.86. The van der Waals surface area contributed by atoms with Gasteiger partial charge in [-0.2, -0.15) is 0 Å². The summed E-state index contributed by atoms with van der Waals surface area (Å²) in [4.78, 5) is 12.3. The number of carbonyl (C=O) groups is 1. The molecule has 0 amide bonds. The van der Waals surface area contributed by atoms with E-state index in [1.165, 1.54) is 0 Å². The number of ether oxygens (including phenoxy) is 2. The molecule has 3 rings (SSSR count). The Labute approximate surface area is 155 Å². The van der Waals surface area contributed by atoms with Crippen molar-refractivity contribution in [2.45, 2.75) is 0 Å². The fraction of sp³-hybridized carbons (Fsp3) is 0.0952. The van der Waals surface area contributed by atoms with Crippen molar-refractivity contribution in [1.29, 1.82) is 0 Å². The molecule has 0 N–H and O–H groups in total. The smallest absolute Gasteiger partial charge is 0.193 e. The molecule has 0 atom stereocenters. The third kappa shape index (κ3) is 4.94. The fourth-order valence-electron chi connectivity index (χ4n) is 2.33. The number of hydrogen-bond acceptors (Lipinski definition) is 3. The molecule has 0 aliphatic rings. The van der Waals surface area contributed by atoms with E-state index in [0.29, 0.717) is 30.1 Å². The maximum Gasteiger partial charge on any atom is 0.193 e. The predicted octanol–water partition coefficient (Wildman–Crippen LogP) is 5.14. The average Bonchev–Trinajstić information content (AvgIpc) is 2.66. The van der Waals surface area contributed by atoms with E-state index >= 15 is 0 Å². The zero-order chi connectivity index (χ0) is 17.5. The lowest BCUT2D eigenvalue weighted by atomic mass is 10.0. The van der Waals surface area contributed by atoms with Crippen molar-refractivity contribution in [3.05, 3.63) is 94.5 Å². The molecular formula is C21H17BrO3. The molecule has 0 saturated carbocycles. The second kappa shape index (κ2) is 8.49. The Balaban J connectivity index is 1.50. The van der Waals surface area contributed by atoms with E-state index in [1.54, 1.807) is 24.3 Å². The van der Waals surface area contributed by atoms with Crippen LogP contribution in [0.4, 0.5) is 0 Å². The van der Waals surface area contributed by atoms with Crippen LogP contribution in [0.3, 0.4) is 0 Å². The van der Waals surface area contributed by atoms with Crippen molar-refractivity contribution in [2.24, 2.45) is 0 Å². The molecular weight excluding hydrogens is 380 g/mol. The first kappa shape index (κ1) is 17.2. The summed E-state index contributed by atoms with van der Waals surface area (Å²) in [6.07, 6.45) is 0. The Morgan fingerprint density at radius 3 is 2.04 bits per heavy atom. The number of ketones is 1. The van der Waals surface area contributed by atoms with E-state index in [9.17, 15) is 4.79 Å². The van der Waals surface area contributed by atoms with Crippen molar-refractivity contribution in [3.63, 3.8) is 0 Å². The molecule has 0 saturated heterocycles. The average molecular weight is 397 g/mol. The number of halogens is 1. The summed E-state index contributed by atoms with van der Waals surface area (Å²) in [6, 6.07) is 24.1. The van der Waals surface area contributed by atoms with Crippen molar-refractivity contribution in [1.82, 2.24) is 0 Å². The minimum atomic E-state index is 0.00476. The zero-order valence-electron chi connectivity index (χ0n) is 13.5. The van der Waals surface area contributed by atoms with E-state index in [-0.39, 0.29) is 5.78 Å².